The summed E-state index contributed by atoms with van der Waals surface area (Å²) >= 11 is 0. The number of ether oxygens (including phenoxy) is 1. The van der Waals surface area contributed by atoms with E-state index in [1.807, 2.05) is 24.3 Å². The minimum Gasteiger partial charge on any atom is -0.495 e. The van der Waals surface area contributed by atoms with E-state index in [-0.39, 0.29) is 0 Å². The molecule has 0 atom stereocenters. The number of anilines is 4. The molecule has 0 unspecified atom stereocenters. The van der Waals surface area contributed by atoms with Crippen LogP contribution in [0.25, 0.3) is 0 Å². The van der Waals surface area contributed by atoms with Crippen molar-refractivity contribution in [3.63, 3.8) is 0 Å². The van der Waals surface area contributed by atoms with Crippen LogP contribution in [-0.2, 0) is 0 Å². The van der Waals surface area contributed by atoms with Gasteiger partial charge in [0.2, 0.25) is 0 Å². The van der Waals surface area contributed by atoms with Crippen LogP contribution < -0.4 is 15.4 Å². The van der Waals surface area contributed by atoms with Gasteiger partial charge in [-0.05, 0) is 31.2 Å². The Labute approximate surface area is 143 Å². The predicted octanol–water partition coefficient (Wildman–Crippen LogP) is 4.56. The Balaban J connectivity index is 1.86. The van der Waals surface area contributed by atoms with Crippen LogP contribution in [0.4, 0.5) is 31.8 Å². The molecule has 5 nitrogen and oxygen atoms in total. The molecule has 7 heteroatoms. The second kappa shape index (κ2) is 7.12. The summed E-state index contributed by atoms with van der Waals surface area (Å²) in [7, 11) is 1.59. The molecule has 0 fully saturated rings. The first-order valence-corrected chi connectivity index (χ1v) is 7.53. The topological polar surface area (TPSA) is 59.1 Å². The van der Waals surface area contributed by atoms with Gasteiger partial charge in [0.15, 0.2) is 11.6 Å². The van der Waals surface area contributed by atoms with Crippen molar-refractivity contribution >= 4 is 23.0 Å². The van der Waals surface area contributed by atoms with Gasteiger partial charge in [-0.25, -0.2) is 18.7 Å². The molecule has 0 spiro atoms. The van der Waals surface area contributed by atoms with Gasteiger partial charge >= 0.3 is 0 Å². The zero-order valence-electron chi connectivity index (χ0n) is 13.7. The lowest BCUT2D eigenvalue weighted by atomic mass is 10.3. The minimum atomic E-state index is -0.928. The fraction of sp³-hybridized carbons (Fsp3) is 0.111. The van der Waals surface area contributed by atoms with Crippen LogP contribution in [0.15, 0.2) is 48.5 Å². The van der Waals surface area contributed by atoms with Gasteiger partial charge in [0, 0.05) is 17.8 Å². The Morgan fingerprint density at radius 1 is 0.880 bits per heavy atom. The largest absolute Gasteiger partial charge is 0.495 e. The number of nitrogens with zero attached hydrogens (tertiary/aromatic N) is 2. The predicted molar refractivity (Wildman–Crippen MR) is 92.7 cm³/mol. The molecule has 0 bridgehead atoms. The third kappa shape index (κ3) is 4.00. The molecular weight excluding hydrogens is 326 g/mol. The highest BCUT2D eigenvalue weighted by Gasteiger charge is 2.08. The Morgan fingerprint density at radius 2 is 1.60 bits per heavy atom. The van der Waals surface area contributed by atoms with Crippen molar-refractivity contribution in [2.75, 3.05) is 17.7 Å². The number of halogens is 2. The molecule has 3 aromatic rings. The van der Waals surface area contributed by atoms with Gasteiger partial charge in [0.25, 0.3) is 0 Å². The standard InChI is InChI=1S/C18H16F2N4O/c1-11-21-17(23-12-7-8-13(19)14(20)9-12)10-18(22-11)24-15-5-3-4-6-16(15)25-2/h3-10H,1-2H3,(H2,21,22,23,24). The minimum absolute atomic E-state index is 0.389. The highest BCUT2D eigenvalue weighted by Crippen LogP contribution is 2.27. The van der Waals surface area contributed by atoms with Crippen LogP contribution in [0.5, 0.6) is 5.75 Å². The molecule has 25 heavy (non-hydrogen) atoms. The Bertz CT molecular complexity index is 902. The number of aromatic nitrogens is 2. The van der Waals surface area contributed by atoms with Crippen molar-refractivity contribution < 1.29 is 13.5 Å². The number of aryl methyl sites for hydroxylation is 1. The quantitative estimate of drug-likeness (QED) is 0.712. The van der Waals surface area contributed by atoms with E-state index in [4.69, 9.17) is 4.74 Å². The zero-order chi connectivity index (χ0) is 17.8. The van der Waals surface area contributed by atoms with Gasteiger partial charge in [-0.1, -0.05) is 12.1 Å². The maximum atomic E-state index is 13.3. The summed E-state index contributed by atoms with van der Waals surface area (Å²) in [5.41, 5.74) is 1.14. The molecule has 3 rings (SSSR count). The lowest BCUT2D eigenvalue weighted by molar-refractivity contribution is 0.417. The first kappa shape index (κ1) is 16.6. The maximum Gasteiger partial charge on any atom is 0.160 e. The molecular formula is C18H16F2N4O. The summed E-state index contributed by atoms with van der Waals surface area (Å²) in [5, 5.41) is 6.10. The van der Waals surface area contributed by atoms with Gasteiger partial charge in [-0.3, -0.25) is 0 Å². The summed E-state index contributed by atoms with van der Waals surface area (Å²) in [6.07, 6.45) is 0. The van der Waals surface area contributed by atoms with E-state index in [0.29, 0.717) is 28.9 Å². The molecule has 1 aromatic heterocycles. The van der Waals surface area contributed by atoms with Crippen LogP contribution in [0, 0.1) is 18.6 Å². The summed E-state index contributed by atoms with van der Waals surface area (Å²) in [6, 6.07) is 12.7. The molecule has 0 aliphatic heterocycles. The molecule has 0 amide bonds. The van der Waals surface area contributed by atoms with E-state index in [1.165, 1.54) is 6.07 Å². The molecule has 0 saturated heterocycles. The molecule has 2 N–H and O–H groups in total. The first-order chi connectivity index (χ1) is 12.0. The fourth-order valence-corrected chi connectivity index (χ4v) is 2.30. The second-order valence-electron chi connectivity index (χ2n) is 5.26. The highest BCUT2D eigenvalue weighted by molar-refractivity contribution is 5.67. The third-order valence-corrected chi connectivity index (χ3v) is 3.40. The number of rotatable bonds is 5. The number of benzene rings is 2. The Kier molecular flexibility index (Phi) is 4.74. The van der Waals surface area contributed by atoms with Crippen LogP contribution in [0.2, 0.25) is 0 Å². The van der Waals surface area contributed by atoms with Crippen molar-refractivity contribution in [2.45, 2.75) is 6.92 Å². The average Bonchev–Trinajstić information content (AvgIpc) is 2.58. The summed E-state index contributed by atoms with van der Waals surface area (Å²) in [5.74, 6) is 0.364. The molecule has 0 aliphatic rings. The van der Waals surface area contributed by atoms with Crippen LogP contribution in [0.1, 0.15) is 5.82 Å². The first-order valence-electron chi connectivity index (χ1n) is 7.53. The van der Waals surface area contributed by atoms with Crippen molar-refractivity contribution in [3.05, 3.63) is 66.0 Å². The van der Waals surface area contributed by atoms with E-state index < -0.39 is 11.6 Å². The summed E-state index contributed by atoms with van der Waals surface area (Å²) in [4.78, 5) is 8.58. The van der Waals surface area contributed by atoms with E-state index in [0.717, 1.165) is 17.8 Å². The van der Waals surface area contributed by atoms with E-state index in [1.54, 1.807) is 20.1 Å². The monoisotopic (exact) mass is 342 g/mol. The summed E-state index contributed by atoms with van der Waals surface area (Å²) < 4.78 is 31.7. The van der Waals surface area contributed by atoms with Gasteiger partial charge in [-0.2, -0.15) is 0 Å². The van der Waals surface area contributed by atoms with Crippen molar-refractivity contribution in [1.29, 1.82) is 0 Å². The van der Waals surface area contributed by atoms with Gasteiger partial charge in [0.1, 0.15) is 23.2 Å². The van der Waals surface area contributed by atoms with Crippen LogP contribution in [-0.4, -0.2) is 17.1 Å². The third-order valence-electron chi connectivity index (χ3n) is 3.40. The molecule has 0 radical (unpaired) electrons. The van der Waals surface area contributed by atoms with E-state index in [9.17, 15) is 8.78 Å². The number of hydrogen-bond donors (Lipinski definition) is 2. The number of nitrogens with one attached hydrogen (secondary N) is 2. The highest BCUT2D eigenvalue weighted by atomic mass is 19.2. The zero-order valence-corrected chi connectivity index (χ0v) is 13.7. The fourth-order valence-electron chi connectivity index (χ4n) is 2.30. The lowest BCUT2D eigenvalue weighted by Crippen LogP contribution is -2.02. The lowest BCUT2D eigenvalue weighted by Gasteiger charge is -2.12. The molecule has 2 aromatic carbocycles. The molecule has 0 aliphatic carbocycles. The Hall–Kier alpha value is -3.22. The number of hydrogen-bond acceptors (Lipinski definition) is 5. The average molecular weight is 342 g/mol. The van der Waals surface area contributed by atoms with E-state index in [2.05, 4.69) is 20.6 Å². The summed E-state index contributed by atoms with van der Waals surface area (Å²) in [6.45, 7) is 1.74. The smallest absolute Gasteiger partial charge is 0.160 e. The van der Waals surface area contributed by atoms with Gasteiger partial charge in [-0.15, -0.1) is 0 Å². The van der Waals surface area contributed by atoms with Gasteiger partial charge in [0.05, 0.1) is 12.8 Å². The normalized spacial score (nSPS) is 10.4. The van der Waals surface area contributed by atoms with E-state index >= 15 is 0 Å². The molecule has 128 valence electrons. The van der Waals surface area contributed by atoms with Crippen molar-refractivity contribution in [3.8, 4) is 5.75 Å². The Morgan fingerprint density at radius 3 is 2.32 bits per heavy atom. The number of para-hydroxylation sites is 2. The van der Waals surface area contributed by atoms with Crippen LogP contribution >= 0.6 is 0 Å². The molecule has 0 saturated carbocycles. The van der Waals surface area contributed by atoms with Gasteiger partial charge < -0.3 is 15.4 Å². The van der Waals surface area contributed by atoms with Crippen molar-refractivity contribution in [2.24, 2.45) is 0 Å². The second-order valence-corrected chi connectivity index (χ2v) is 5.26. The maximum absolute atomic E-state index is 13.3. The number of methoxy groups -OCH3 is 1. The van der Waals surface area contributed by atoms with Crippen LogP contribution in [0.3, 0.4) is 0 Å². The molecule has 1 heterocycles. The SMILES string of the molecule is COc1ccccc1Nc1cc(Nc2ccc(F)c(F)c2)nc(C)n1. The van der Waals surface area contributed by atoms with Crippen molar-refractivity contribution in [1.82, 2.24) is 9.97 Å².